The van der Waals surface area contributed by atoms with Gasteiger partial charge in [-0.2, -0.15) is 0 Å². The molecule has 1 fully saturated rings. The summed E-state index contributed by atoms with van der Waals surface area (Å²) in [5.74, 6) is 0.0334. The van der Waals surface area contributed by atoms with Crippen molar-refractivity contribution in [2.75, 3.05) is 39.3 Å². The highest BCUT2D eigenvalue weighted by atomic mass is 16.5. The lowest BCUT2D eigenvalue weighted by molar-refractivity contribution is -0.143. The minimum absolute atomic E-state index is 0.116. The maximum absolute atomic E-state index is 11.1. The van der Waals surface area contributed by atoms with Gasteiger partial charge in [-0.25, -0.2) is 0 Å². The normalized spacial score (nSPS) is 16.9. The summed E-state index contributed by atoms with van der Waals surface area (Å²) in [5.41, 5.74) is 0. The maximum atomic E-state index is 11.1. The Hall–Kier alpha value is -1.10. The fourth-order valence-electron chi connectivity index (χ4n) is 1.97. The number of ether oxygens (including phenoxy) is 1. The van der Waals surface area contributed by atoms with Crippen molar-refractivity contribution in [2.24, 2.45) is 0 Å². The van der Waals surface area contributed by atoms with E-state index in [1.165, 1.54) is 0 Å². The lowest BCUT2D eigenvalue weighted by atomic mass is 10.2. The lowest BCUT2D eigenvalue weighted by Gasteiger charge is -2.34. The van der Waals surface area contributed by atoms with Crippen LogP contribution in [0.5, 0.6) is 0 Å². The highest BCUT2D eigenvalue weighted by molar-refractivity contribution is 5.73. The molecule has 5 nitrogen and oxygen atoms in total. The van der Waals surface area contributed by atoms with Crippen molar-refractivity contribution in [3.63, 3.8) is 0 Å². The minimum Gasteiger partial charge on any atom is -0.466 e. The third-order valence-corrected chi connectivity index (χ3v) is 2.98. The van der Waals surface area contributed by atoms with Gasteiger partial charge in [0.25, 0.3) is 0 Å². The summed E-state index contributed by atoms with van der Waals surface area (Å²) in [5, 5.41) is 0. The molecule has 1 aliphatic rings. The number of carbonyl (C=O) groups excluding carboxylic acids is 2. The summed E-state index contributed by atoms with van der Waals surface area (Å²) in [7, 11) is 0. The zero-order valence-corrected chi connectivity index (χ0v) is 10.8. The summed E-state index contributed by atoms with van der Waals surface area (Å²) >= 11 is 0. The Labute approximate surface area is 103 Å². The molecule has 0 bridgehead atoms. The van der Waals surface area contributed by atoms with E-state index in [4.69, 9.17) is 4.74 Å². The molecule has 0 aromatic carbocycles. The Kier molecular flexibility index (Phi) is 5.97. The van der Waals surface area contributed by atoms with Crippen LogP contribution in [0.4, 0.5) is 0 Å². The van der Waals surface area contributed by atoms with Crippen LogP contribution < -0.4 is 0 Å². The third kappa shape index (κ3) is 5.17. The number of hydrogen-bond acceptors (Lipinski definition) is 4. The highest BCUT2D eigenvalue weighted by Crippen LogP contribution is 2.04. The number of hydrogen-bond donors (Lipinski definition) is 0. The molecule has 0 atom stereocenters. The molecule has 0 radical (unpaired) electrons. The van der Waals surface area contributed by atoms with E-state index in [2.05, 4.69) is 4.90 Å². The zero-order valence-electron chi connectivity index (χ0n) is 10.8. The van der Waals surface area contributed by atoms with Gasteiger partial charge >= 0.3 is 5.97 Å². The van der Waals surface area contributed by atoms with Crippen LogP contribution in [0, 0.1) is 0 Å². The summed E-state index contributed by atoms with van der Waals surface area (Å²) in [6.07, 6.45) is 1.32. The molecule has 98 valence electrons. The van der Waals surface area contributed by atoms with Crippen LogP contribution in [0.2, 0.25) is 0 Å². The van der Waals surface area contributed by atoms with Crippen LogP contribution in [0.3, 0.4) is 0 Å². The fourth-order valence-corrected chi connectivity index (χ4v) is 1.97. The van der Waals surface area contributed by atoms with Crippen LogP contribution in [0.25, 0.3) is 0 Å². The number of piperazine rings is 1. The quantitative estimate of drug-likeness (QED) is 0.659. The van der Waals surface area contributed by atoms with Gasteiger partial charge in [-0.1, -0.05) is 0 Å². The molecule has 1 heterocycles. The van der Waals surface area contributed by atoms with E-state index in [0.717, 1.165) is 39.1 Å². The van der Waals surface area contributed by atoms with Gasteiger partial charge in [-0.05, 0) is 19.9 Å². The fraction of sp³-hybridized carbons (Fsp3) is 0.833. The van der Waals surface area contributed by atoms with Crippen molar-refractivity contribution in [1.29, 1.82) is 0 Å². The van der Waals surface area contributed by atoms with E-state index in [9.17, 15) is 9.59 Å². The first-order valence-corrected chi connectivity index (χ1v) is 6.27. The largest absolute Gasteiger partial charge is 0.466 e. The van der Waals surface area contributed by atoms with Gasteiger partial charge in [0, 0.05) is 39.5 Å². The van der Waals surface area contributed by atoms with Gasteiger partial charge in [0.15, 0.2) is 0 Å². The summed E-state index contributed by atoms with van der Waals surface area (Å²) in [4.78, 5) is 26.4. The Morgan fingerprint density at radius 2 is 1.82 bits per heavy atom. The Morgan fingerprint density at radius 1 is 1.18 bits per heavy atom. The average Bonchev–Trinajstić information content (AvgIpc) is 2.30. The third-order valence-electron chi connectivity index (χ3n) is 2.98. The first-order valence-electron chi connectivity index (χ1n) is 6.27. The van der Waals surface area contributed by atoms with Gasteiger partial charge in [0.05, 0.1) is 6.61 Å². The Bertz CT molecular complexity index is 260. The van der Waals surface area contributed by atoms with Gasteiger partial charge < -0.3 is 9.64 Å². The first-order chi connectivity index (χ1) is 8.13. The van der Waals surface area contributed by atoms with E-state index in [-0.39, 0.29) is 11.9 Å². The van der Waals surface area contributed by atoms with Crippen molar-refractivity contribution in [1.82, 2.24) is 9.80 Å². The van der Waals surface area contributed by atoms with E-state index in [1.807, 2.05) is 11.8 Å². The molecule has 0 spiro atoms. The van der Waals surface area contributed by atoms with Gasteiger partial charge in [-0.15, -0.1) is 0 Å². The van der Waals surface area contributed by atoms with Crippen LogP contribution in [-0.2, 0) is 14.3 Å². The van der Waals surface area contributed by atoms with Crippen LogP contribution >= 0.6 is 0 Å². The molecule has 1 amide bonds. The summed E-state index contributed by atoms with van der Waals surface area (Å²) < 4.78 is 4.87. The molecule has 0 saturated carbocycles. The van der Waals surface area contributed by atoms with E-state index in [1.54, 1.807) is 6.92 Å². The zero-order chi connectivity index (χ0) is 12.7. The molecule has 1 saturated heterocycles. The molecule has 17 heavy (non-hydrogen) atoms. The molecule has 0 aromatic rings. The molecule has 1 rings (SSSR count). The second-order valence-corrected chi connectivity index (χ2v) is 4.26. The molecule has 0 N–H and O–H groups in total. The Morgan fingerprint density at radius 3 is 2.35 bits per heavy atom. The van der Waals surface area contributed by atoms with E-state index in [0.29, 0.717) is 13.0 Å². The van der Waals surface area contributed by atoms with E-state index < -0.39 is 0 Å². The molecule has 0 aromatic heterocycles. The van der Waals surface area contributed by atoms with Crippen LogP contribution in [0.15, 0.2) is 0 Å². The molecule has 0 unspecified atom stereocenters. The van der Waals surface area contributed by atoms with Gasteiger partial charge in [-0.3, -0.25) is 14.5 Å². The predicted molar refractivity (Wildman–Crippen MR) is 64.6 cm³/mol. The molecular formula is C12H22N2O3. The van der Waals surface area contributed by atoms with Crippen molar-refractivity contribution < 1.29 is 14.3 Å². The second-order valence-electron chi connectivity index (χ2n) is 4.26. The number of carbonyl (C=O) groups is 2. The van der Waals surface area contributed by atoms with Crippen LogP contribution in [-0.4, -0.2) is 61.0 Å². The number of rotatable bonds is 5. The van der Waals surface area contributed by atoms with Crippen LogP contribution in [0.1, 0.15) is 26.7 Å². The molecule has 0 aliphatic carbocycles. The number of esters is 1. The second kappa shape index (κ2) is 7.27. The standard InChI is InChI=1S/C12H22N2O3/c1-3-17-12(16)5-4-6-13-7-9-14(10-8-13)11(2)15/h3-10H2,1-2H3. The monoisotopic (exact) mass is 242 g/mol. The topological polar surface area (TPSA) is 49.9 Å². The number of amides is 1. The van der Waals surface area contributed by atoms with Crippen molar-refractivity contribution >= 4 is 11.9 Å². The SMILES string of the molecule is CCOC(=O)CCCN1CCN(C(C)=O)CC1. The average molecular weight is 242 g/mol. The van der Waals surface area contributed by atoms with Gasteiger partial charge in [0.1, 0.15) is 0 Å². The first kappa shape index (κ1) is 14.0. The molecule has 5 heteroatoms. The molecular weight excluding hydrogens is 220 g/mol. The van der Waals surface area contributed by atoms with Crippen molar-refractivity contribution in [3.05, 3.63) is 0 Å². The highest BCUT2D eigenvalue weighted by Gasteiger charge is 2.18. The van der Waals surface area contributed by atoms with Crippen molar-refractivity contribution in [3.8, 4) is 0 Å². The lowest BCUT2D eigenvalue weighted by Crippen LogP contribution is -2.48. The van der Waals surface area contributed by atoms with E-state index >= 15 is 0 Å². The minimum atomic E-state index is -0.116. The Balaban J connectivity index is 2.10. The maximum Gasteiger partial charge on any atom is 0.305 e. The van der Waals surface area contributed by atoms with Gasteiger partial charge in [0.2, 0.25) is 5.91 Å². The predicted octanol–water partition coefficient (Wildman–Crippen LogP) is 0.494. The molecule has 1 aliphatic heterocycles. The smallest absolute Gasteiger partial charge is 0.305 e. The summed E-state index contributed by atoms with van der Waals surface area (Å²) in [6, 6.07) is 0. The summed E-state index contributed by atoms with van der Waals surface area (Å²) in [6.45, 7) is 8.20. The number of nitrogens with zero attached hydrogens (tertiary/aromatic N) is 2. The van der Waals surface area contributed by atoms with Crippen molar-refractivity contribution in [2.45, 2.75) is 26.7 Å².